The Morgan fingerprint density at radius 3 is 2.59 bits per heavy atom. The van der Waals surface area contributed by atoms with E-state index in [4.69, 9.17) is 5.11 Å². The number of carboxylic acid groups (broad SMARTS) is 1. The van der Waals surface area contributed by atoms with Crippen molar-refractivity contribution in [2.75, 3.05) is 6.54 Å². The molecule has 0 bridgehead atoms. The Kier molecular flexibility index (Phi) is 4.99. The van der Waals surface area contributed by atoms with E-state index in [1.165, 1.54) is 0 Å². The summed E-state index contributed by atoms with van der Waals surface area (Å²) in [6.07, 6.45) is 3.80. The zero-order chi connectivity index (χ0) is 13.1. The molecule has 0 spiro atoms. The maximum atomic E-state index is 11.0. The fourth-order valence-corrected chi connectivity index (χ4v) is 2.21. The van der Waals surface area contributed by atoms with E-state index in [1.807, 2.05) is 0 Å². The summed E-state index contributed by atoms with van der Waals surface area (Å²) >= 11 is 0. The van der Waals surface area contributed by atoms with Gasteiger partial charge in [-0.2, -0.15) is 0 Å². The first-order chi connectivity index (χ1) is 7.83. The van der Waals surface area contributed by atoms with Crippen molar-refractivity contribution < 1.29 is 9.90 Å². The van der Waals surface area contributed by atoms with Crippen molar-refractivity contribution in [3.63, 3.8) is 0 Å². The number of rotatable bonds is 5. The van der Waals surface area contributed by atoms with Crippen molar-refractivity contribution in [2.24, 2.45) is 17.3 Å². The van der Waals surface area contributed by atoms with Crippen molar-refractivity contribution in [1.82, 2.24) is 5.32 Å². The summed E-state index contributed by atoms with van der Waals surface area (Å²) in [6.45, 7) is 9.98. The maximum Gasteiger partial charge on any atom is 0.306 e. The van der Waals surface area contributed by atoms with Gasteiger partial charge in [0, 0.05) is 12.6 Å². The molecule has 0 saturated heterocycles. The van der Waals surface area contributed by atoms with Crippen molar-refractivity contribution >= 4 is 5.97 Å². The zero-order valence-electron chi connectivity index (χ0n) is 11.6. The predicted octanol–water partition coefficient (Wildman–Crippen LogP) is 2.90. The second kappa shape index (κ2) is 5.85. The van der Waals surface area contributed by atoms with Crippen LogP contribution in [-0.2, 0) is 4.79 Å². The highest BCUT2D eigenvalue weighted by molar-refractivity contribution is 5.70. The van der Waals surface area contributed by atoms with Crippen molar-refractivity contribution in [3.8, 4) is 0 Å². The first-order valence-corrected chi connectivity index (χ1v) is 6.79. The highest BCUT2D eigenvalue weighted by Crippen LogP contribution is 2.28. The number of aliphatic carboxylic acids is 1. The molecule has 3 nitrogen and oxygen atoms in total. The molecule has 100 valence electrons. The third-order valence-electron chi connectivity index (χ3n) is 4.43. The summed E-state index contributed by atoms with van der Waals surface area (Å²) in [6, 6.07) is 0.392. The number of nitrogens with one attached hydrogen (secondary N) is 1. The molecule has 0 radical (unpaired) electrons. The molecule has 1 saturated carbocycles. The van der Waals surface area contributed by atoms with Crippen LogP contribution in [0.25, 0.3) is 0 Å². The minimum atomic E-state index is -0.625. The zero-order valence-corrected chi connectivity index (χ0v) is 11.6. The van der Waals surface area contributed by atoms with E-state index in [0.717, 1.165) is 32.2 Å². The molecule has 2 unspecified atom stereocenters. The van der Waals surface area contributed by atoms with E-state index in [9.17, 15) is 4.79 Å². The van der Waals surface area contributed by atoms with Gasteiger partial charge < -0.3 is 10.4 Å². The minimum Gasteiger partial charge on any atom is -0.481 e. The SMILES string of the molecule is CC(C)C(C)(C)CNC1CCCC(C(=O)O)C1. The average Bonchev–Trinajstić information content (AvgIpc) is 2.26. The number of hydrogen-bond acceptors (Lipinski definition) is 2. The Balaban J connectivity index is 2.39. The average molecular weight is 241 g/mol. The first kappa shape index (κ1) is 14.5. The van der Waals surface area contributed by atoms with Gasteiger partial charge in [0.05, 0.1) is 5.92 Å². The van der Waals surface area contributed by atoms with Gasteiger partial charge in [-0.3, -0.25) is 4.79 Å². The fraction of sp³-hybridized carbons (Fsp3) is 0.929. The monoisotopic (exact) mass is 241 g/mol. The summed E-state index contributed by atoms with van der Waals surface area (Å²) in [5.41, 5.74) is 0.274. The lowest BCUT2D eigenvalue weighted by molar-refractivity contribution is -0.143. The first-order valence-electron chi connectivity index (χ1n) is 6.79. The van der Waals surface area contributed by atoms with E-state index in [1.54, 1.807) is 0 Å². The van der Waals surface area contributed by atoms with Crippen LogP contribution in [-0.4, -0.2) is 23.7 Å². The quantitative estimate of drug-likeness (QED) is 0.778. The van der Waals surface area contributed by atoms with Crippen LogP contribution in [0.15, 0.2) is 0 Å². The van der Waals surface area contributed by atoms with E-state index < -0.39 is 5.97 Å². The van der Waals surface area contributed by atoms with Gasteiger partial charge in [-0.25, -0.2) is 0 Å². The van der Waals surface area contributed by atoms with Crippen LogP contribution in [0.5, 0.6) is 0 Å². The number of hydrogen-bond donors (Lipinski definition) is 2. The molecule has 0 aliphatic heterocycles. The van der Waals surface area contributed by atoms with Crippen molar-refractivity contribution in [3.05, 3.63) is 0 Å². The van der Waals surface area contributed by atoms with E-state index in [2.05, 4.69) is 33.0 Å². The Morgan fingerprint density at radius 2 is 2.06 bits per heavy atom. The van der Waals surface area contributed by atoms with Gasteiger partial charge in [-0.1, -0.05) is 34.1 Å². The molecule has 1 aliphatic carbocycles. The van der Waals surface area contributed by atoms with Gasteiger partial charge in [0.15, 0.2) is 0 Å². The predicted molar refractivity (Wildman–Crippen MR) is 70.0 cm³/mol. The molecular weight excluding hydrogens is 214 g/mol. The molecule has 1 fully saturated rings. The Labute approximate surface area is 105 Å². The second-order valence-corrected chi connectivity index (χ2v) is 6.42. The maximum absolute atomic E-state index is 11.0. The third-order valence-corrected chi connectivity index (χ3v) is 4.43. The lowest BCUT2D eigenvalue weighted by Gasteiger charge is -2.34. The third kappa shape index (κ3) is 4.30. The van der Waals surface area contributed by atoms with Crippen LogP contribution in [0.1, 0.15) is 53.4 Å². The topological polar surface area (TPSA) is 49.3 Å². The molecule has 17 heavy (non-hydrogen) atoms. The summed E-state index contributed by atoms with van der Waals surface area (Å²) in [5, 5.41) is 12.6. The summed E-state index contributed by atoms with van der Waals surface area (Å²) in [7, 11) is 0. The molecule has 0 heterocycles. The lowest BCUT2D eigenvalue weighted by Crippen LogP contribution is -2.42. The van der Waals surface area contributed by atoms with Gasteiger partial charge >= 0.3 is 5.97 Å². The lowest BCUT2D eigenvalue weighted by atomic mass is 9.80. The smallest absolute Gasteiger partial charge is 0.306 e. The van der Waals surface area contributed by atoms with Gasteiger partial charge in [-0.05, 0) is 30.6 Å². The number of carboxylic acids is 1. The minimum absolute atomic E-state index is 0.136. The Bertz CT molecular complexity index is 261. The van der Waals surface area contributed by atoms with Crippen molar-refractivity contribution in [1.29, 1.82) is 0 Å². The molecule has 1 rings (SSSR count). The molecule has 0 aromatic carbocycles. The summed E-state index contributed by atoms with van der Waals surface area (Å²) in [5.74, 6) is -0.128. The molecule has 0 amide bonds. The standard InChI is InChI=1S/C14H27NO2/c1-10(2)14(3,4)9-15-12-7-5-6-11(8-12)13(16)17/h10-12,15H,5-9H2,1-4H3,(H,16,17). The molecule has 2 N–H and O–H groups in total. The summed E-state index contributed by atoms with van der Waals surface area (Å²) in [4.78, 5) is 11.0. The molecule has 1 aliphatic rings. The van der Waals surface area contributed by atoms with Crippen LogP contribution in [0.3, 0.4) is 0 Å². The highest BCUT2D eigenvalue weighted by atomic mass is 16.4. The van der Waals surface area contributed by atoms with Gasteiger partial charge in [0.1, 0.15) is 0 Å². The Morgan fingerprint density at radius 1 is 1.41 bits per heavy atom. The van der Waals surface area contributed by atoms with Crippen molar-refractivity contribution in [2.45, 2.75) is 59.4 Å². The van der Waals surface area contributed by atoms with Gasteiger partial charge in [0.2, 0.25) is 0 Å². The molecule has 0 aromatic heterocycles. The molecule has 3 heteroatoms. The van der Waals surface area contributed by atoms with Gasteiger partial charge in [0.25, 0.3) is 0 Å². The molecule has 2 atom stereocenters. The van der Waals surface area contributed by atoms with E-state index in [0.29, 0.717) is 12.0 Å². The van der Waals surface area contributed by atoms with Crippen LogP contribution < -0.4 is 5.32 Å². The molecule has 0 aromatic rings. The second-order valence-electron chi connectivity index (χ2n) is 6.42. The van der Waals surface area contributed by atoms with E-state index in [-0.39, 0.29) is 11.3 Å². The van der Waals surface area contributed by atoms with Crippen LogP contribution >= 0.6 is 0 Å². The van der Waals surface area contributed by atoms with Crippen LogP contribution in [0.2, 0.25) is 0 Å². The normalized spacial score (nSPS) is 26.2. The molecular formula is C14H27NO2. The largest absolute Gasteiger partial charge is 0.481 e. The van der Waals surface area contributed by atoms with E-state index >= 15 is 0 Å². The fourth-order valence-electron chi connectivity index (χ4n) is 2.21. The van der Waals surface area contributed by atoms with Crippen LogP contribution in [0.4, 0.5) is 0 Å². The summed E-state index contributed by atoms with van der Waals surface area (Å²) < 4.78 is 0. The van der Waals surface area contributed by atoms with Gasteiger partial charge in [-0.15, -0.1) is 0 Å². The Hall–Kier alpha value is -0.570. The number of carbonyl (C=O) groups is 1. The highest BCUT2D eigenvalue weighted by Gasteiger charge is 2.29. The van der Waals surface area contributed by atoms with Crippen LogP contribution in [0, 0.1) is 17.3 Å².